The Labute approximate surface area is 111 Å². The number of benzene rings is 1. The van der Waals surface area contributed by atoms with Crippen molar-refractivity contribution in [2.24, 2.45) is 0 Å². The fraction of sp³-hybridized carbons (Fsp3) is 0.333. The number of carbonyl (C=O) groups excluding carboxylic acids is 1. The molecule has 1 N–H and O–H groups in total. The van der Waals surface area contributed by atoms with Gasteiger partial charge in [0.1, 0.15) is 5.75 Å². The van der Waals surface area contributed by atoms with E-state index >= 15 is 0 Å². The Morgan fingerprint density at radius 2 is 2.05 bits per heavy atom. The number of ether oxygens (including phenoxy) is 1. The summed E-state index contributed by atoms with van der Waals surface area (Å²) in [6.45, 7) is 5.66. The average Bonchev–Trinajstić information content (AvgIpc) is 2.34. The highest BCUT2D eigenvalue weighted by molar-refractivity contribution is 6.05. The first-order chi connectivity index (χ1) is 8.91. The van der Waals surface area contributed by atoms with Crippen molar-refractivity contribution < 1.29 is 19.4 Å². The monoisotopic (exact) mass is 260 g/mol. The van der Waals surface area contributed by atoms with Gasteiger partial charge in [0.2, 0.25) is 0 Å². The van der Waals surface area contributed by atoms with E-state index in [9.17, 15) is 9.59 Å². The molecular weight excluding hydrogens is 244 g/mol. The van der Waals surface area contributed by atoms with Gasteiger partial charge in [-0.25, -0.2) is 4.79 Å². The van der Waals surface area contributed by atoms with E-state index in [2.05, 4.69) is 0 Å². The van der Waals surface area contributed by atoms with Crippen LogP contribution in [0.3, 0.4) is 0 Å². The van der Waals surface area contributed by atoms with E-state index in [0.29, 0.717) is 29.9 Å². The van der Waals surface area contributed by atoms with E-state index in [1.807, 2.05) is 19.9 Å². The van der Waals surface area contributed by atoms with Crippen molar-refractivity contribution in [3.8, 4) is 5.75 Å². The molecule has 1 aliphatic heterocycles. The summed E-state index contributed by atoms with van der Waals surface area (Å²) in [4.78, 5) is 23.1. The summed E-state index contributed by atoms with van der Waals surface area (Å²) in [6.07, 6.45) is 1.88. The van der Waals surface area contributed by atoms with Crippen molar-refractivity contribution in [1.82, 2.24) is 0 Å². The maximum absolute atomic E-state index is 12.1. The van der Waals surface area contributed by atoms with Crippen molar-refractivity contribution in [3.05, 3.63) is 33.9 Å². The summed E-state index contributed by atoms with van der Waals surface area (Å²) in [5.74, 6) is -0.387. The Balaban J connectivity index is 2.70. The summed E-state index contributed by atoms with van der Waals surface area (Å²) < 4.78 is 5.56. The van der Waals surface area contributed by atoms with Crippen LogP contribution in [-0.2, 0) is 4.79 Å². The predicted molar refractivity (Wildman–Crippen MR) is 71.6 cm³/mol. The van der Waals surface area contributed by atoms with E-state index in [0.717, 1.165) is 11.1 Å². The molecule has 0 aliphatic carbocycles. The largest absolute Gasteiger partial charge is 0.492 e. The van der Waals surface area contributed by atoms with Crippen LogP contribution in [0.25, 0.3) is 6.08 Å². The van der Waals surface area contributed by atoms with Gasteiger partial charge >= 0.3 is 5.97 Å². The molecule has 0 fully saturated rings. The lowest BCUT2D eigenvalue weighted by atomic mass is 9.91. The number of fused-ring (bicyclic) bond motifs is 1. The molecule has 100 valence electrons. The van der Waals surface area contributed by atoms with Crippen LogP contribution >= 0.6 is 0 Å². The number of ketones is 1. The lowest BCUT2D eigenvalue weighted by molar-refractivity contribution is -0.132. The summed E-state index contributed by atoms with van der Waals surface area (Å²) in [6, 6.07) is 1.92. The third kappa shape index (κ3) is 2.38. The molecule has 0 saturated carbocycles. The predicted octanol–water partition coefficient (Wildman–Crippen LogP) is 2.76. The van der Waals surface area contributed by atoms with Gasteiger partial charge in [0.05, 0.1) is 12.2 Å². The first-order valence-electron chi connectivity index (χ1n) is 6.13. The number of aliphatic carboxylic acids is 1. The summed E-state index contributed by atoms with van der Waals surface area (Å²) in [5, 5.41) is 8.97. The van der Waals surface area contributed by atoms with E-state index in [4.69, 9.17) is 9.84 Å². The number of rotatable bonds is 2. The van der Waals surface area contributed by atoms with Crippen molar-refractivity contribution in [2.75, 3.05) is 6.61 Å². The minimum atomic E-state index is -0.988. The molecule has 0 bridgehead atoms. The van der Waals surface area contributed by atoms with Crippen LogP contribution in [0.4, 0.5) is 0 Å². The fourth-order valence-electron chi connectivity index (χ4n) is 2.28. The normalized spacial score (nSPS) is 14.9. The smallest absolute Gasteiger partial charge is 0.331 e. The average molecular weight is 260 g/mol. The molecule has 0 aromatic heterocycles. The number of carbonyl (C=O) groups is 2. The van der Waals surface area contributed by atoms with Gasteiger partial charge in [-0.15, -0.1) is 0 Å². The quantitative estimate of drug-likeness (QED) is 0.830. The number of aryl methyl sites for hydroxylation is 2. The lowest BCUT2D eigenvalue weighted by Crippen LogP contribution is -2.18. The number of hydrogen-bond acceptors (Lipinski definition) is 3. The van der Waals surface area contributed by atoms with Crippen LogP contribution in [0.1, 0.15) is 40.4 Å². The molecule has 4 nitrogen and oxygen atoms in total. The third-order valence-electron chi connectivity index (χ3n) is 3.26. The van der Waals surface area contributed by atoms with Crippen LogP contribution in [-0.4, -0.2) is 23.5 Å². The molecule has 19 heavy (non-hydrogen) atoms. The van der Waals surface area contributed by atoms with Gasteiger partial charge in [-0.2, -0.15) is 0 Å². The Morgan fingerprint density at radius 3 is 2.68 bits per heavy atom. The Kier molecular flexibility index (Phi) is 3.42. The van der Waals surface area contributed by atoms with Gasteiger partial charge in [-0.05, 0) is 43.5 Å². The SMILES string of the molecule is CC(=Cc1c(C)cc(C)c2c1C(=O)CCO2)C(=O)O. The van der Waals surface area contributed by atoms with Gasteiger partial charge in [0.25, 0.3) is 0 Å². The molecule has 1 aromatic rings. The molecule has 0 saturated heterocycles. The zero-order valence-electron chi connectivity index (χ0n) is 11.2. The molecule has 2 rings (SSSR count). The van der Waals surface area contributed by atoms with Crippen molar-refractivity contribution >= 4 is 17.8 Å². The van der Waals surface area contributed by atoms with Crippen LogP contribution < -0.4 is 4.74 Å². The van der Waals surface area contributed by atoms with E-state index in [1.54, 1.807) is 6.08 Å². The number of hydrogen-bond donors (Lipinski definition) is 1. The minimum absolute atomic E-state index is 0.0116. The second kappa shape index (κ2) is 4.88. The topological polar surface area (TPSA) is 63.6 Å². The van der Waals surface area contributed by atoms with Crippen molar-refractivity contribution in [2.45, 2.75) is 27.2 Å². The van der Waals surface area contributed by atoms with Crippen LogP contribution in [0.5, 0.6) is 5.75 Å². The second-order valence-electron chi connectivity index (χ2n) is 4.78. The van der Waals surface area contributed by atoms with Crippen molar-refractivity contribution in [3.63, 3.8) is 0 Å². The number of carboxylic acids is 1. The molecule has 1 aliphatic rings. The Morgan fingerprint density at radius 1 is 1.37 bits per heavy atom. The Hall–Kier alpha value is -2.10. The number of carboxylic acid groups (broad SMARTS) is 1. The minimum Gasteiger partial charge on any atom is -0.492 e. The molecule has 0 amide bonds. The molecule has 1 heterocycles. The fourth-order valence-corrected chi connectivity index (χ4v) is 2.28. The summed E-state index contributed by atoms with van der Waals surface area (Å²) in [5.41, 5.74) is 3.17. The Bertz CT molecular complexity index is 597. The van der Waals surface area contributed by atoms with Gasteiger partial charge in [-0.3, -0.25) is 4.79 Å². The maximum atomic E-state index is 12.1. The highest BCUT2D eigenvalue weighted by atomic mass is 16.5. The first kappa shape index (κ1) is 13.3. The molecular formula is C15H16O4. The van der Waals surface area contributed by atoms with Gasteiger partial charge in [-0.1, -0.05) is 6.07 Å². The molecule has 0 radical (unpaired) electrons. The molecule has 0 atom stereocenters. The molecule has 0 unspecified atom stereocenters. The highest BCUT2D eigenvalue weighted by Gasteiger charge is 2.24. The number of Topliss-reactive ketones (excluding diaryl/α,β-unsaturated/α-hetero) is 1. The van der Waals surface area contributed by atoms with Crippen molar-refractivity contribution in [1.29, 1.82) is 0 Å². The van der Waals surface area contributed by atoms with E-state index in [1.165, 1.54) is 6.92 Å². The highest BCUT2D eigenvalue weighted by Crippen LogP contribution is 2.34. The second-order valence-corrected chi connectivity index (χ2v) is 4.78. The third-order valence-corrected chi connectivity index (χ3v) is 3.26. The standard InChI is InChI=1S/C15H16O4/c1-8-6-9(2)14-13(12(16)4-5-19-14)11(8)7-10(3)15(17)18/h6-7H,4-5H2,1-3H3,(H,17,18). The lowest BCUT2D eigenvalue weighted by Gasteiger charge is -2.22. The summed E-state index contributed by atoms with van der Waals surface area (Å²) in [7, 11) is 0. The zero-order chi connectivity index (χ0) is 14.2. The first-order valence-corrected chi connectivity index (χ1v) is 6.13. The van der Waals surface area contributed by atoms with Crippen LogP contribution in [0.15, 0.2) is 11.6 Å². The molecule has 0 spiro atoms. The maximum Gasteiger partial charge on any atom is 0.331 e. The van der Waals surface area contributed by atoms with E-state index in [-0.39, 0.29) is 11.4 Å². The molecule has 4 heteroatoms. The summed E-state index contributed by atoms with van der Waals surface area (Å²) >= 11 is 0. The van der Waals surface area contributed by atoms with Gasteiger partial charge in [0.15, 0.2) is 5.78 Å². The van der Waals surface area contributed by atoms with Crippen LogP contribution in [0.2, 0.25) is 0 Å². The zero-order valence-corrected chi connectivity index (χ0v) is 11.2. The van der Waals surface area contributed by atoms with Gasteiger partial charge in [0, 0.05) is 12.0 Å². The molecule has 1 aromatic carbocycles. The van der Waals surface area contributed by atoms with E-state index < -0.39 is 5.97 Å². The van der Waals surface area contributed by atoms with Gasteiger partial charge < -0.3 is 9.84 Å². The van der Waals surface area contributed by atoms with Crippen LogP contribution in [0, 0.1) is 13.8 Å².